The van der Waals surface area contributed by atoms with Gasteiger partial charge in [-0.05, 0) is 75.1 Å². The zero-order chi connectivity index (χ0) is 28.9. The van der Waals surface area contributed by atoms with Gasteiger partial charge in [-0.2, -0.15) is 0 Å². The SMILES string of the molecule is Cc1ccc(N(CC(=O)N(Cc2ccccc2F)C(C)C(=O)NC2CCCC2)S(=O)(=O)c2ccccc2)cc1C. The molecule has 1 fully saturated rings. The Kier molecular flexibility index (Phi) is 9.25. The summed E-state index contributed by atoms with van der Waals surface area (Å²) in [6, 6.07) is 18.2. The van der Waals surface area contributed by atoms with E-state index in [1.165, 1.54) is 23.1 Å². The highest BCUT2D eigenvalue weighted by atomic mass is 32.2. The van der Waals surface area contributed by atoms with Crippen molar-refractivity contribution in [3.8, 4) is 0 Å². The third-order valence-electron chi connectivity index (χ3n) is 7.56. The summed E-state index contributed by atoms with van der Waals surface area (Å²) in [5.74, 6) is -1.47. The second-order valence-electron chi connectivity index (χ2n) is 10.4. The molecule has 0 saturated heterocycles. The second-order valence-corrected chi connectivity index (χ2v) is 12.2. The van der Waals surface area contributed by atoms with Gasteiger partial charge in [0.05, 0.1) is 10.6 Å². The minimum absolute atomic E-state index is 0.0332. The number of hydrogen-bond acceptors (Lipinski definition) is 4. The monoisotopic (exact) mass is 565 g/mol. The molecule has 1 aliphatic carbocycles. The maximum Gasteiger partial charge on any atom is 0.264 e. The molecule has 4 rings (SSSR count). The molecule has 212 valence electrons. The Labute approximate surface area is 236 Å². The number of nitrogens with zero attached hydrogens (tertiary/aromatic N) is 2. The Bertz CT molecular complexity index is 1460. The van der Waals surface area contributed by atoms with Crippen molar-refractivity contribution in [1.82, 2.24) is 10.2 Å². The largest absolute Gasteiger partial charge is 0.352 e. The first kappa shape index (κ1) is 29.3. The summed E-state index contributed by atoms with van der Waals surface area (Å²) in [6.45, 7) is 4.64. The summed E-state index contributed by atoms with van der Waals surface area (Å²) in [7, 11) is -4.15. The number of sulfonamides is 1. The molecule has 40 heavy (non-hydrogen) atoms. The van der Waals surface area contributed by atoms with Gasteiger partial charge in [0.25, 0.3) is 10.0 Å². The lowest BCUT2D eigenvalue weighted by Crippen LogP contribution is -2.52. The fourth-order valence-corrected chi connectivity index (χ4v) is 6.34. The number of halogens is 1. The van der Waals surface area contributed by atoms with Gasteiger partial charge in [-0.15, -0.1) is 0 Å². The van der Waals surface area contributed by atoms with E-state index in [2.05, 4.69) is 5.32 Å². The lowest BCUT2D eigenvalue weighted by Gasteiger charge is -2.32. The fourth-order valence-electron chi connectivity index (χ4n) is 4.91. The van der Waals surface area contributed by atoms with Crippen LogP contribution < -0.4 is 9.62 Å². The van der Waals surface area contributed by atoms with E-state index in [1.54, 1.807) is 61.5 Å². The molecule has 1 aliphatic rings. The quantitative estimate of drug-likeness (QED) is 0.370. The Hall–Kier alpha value is -3.72. The first-order valence-electron chi connectivity index (χ1n) is 13.6. The summed E-state index contributed by atoms with van der Waals surface area (Å²) in [5, 5.41) is 3.01. The van der Waals surface area contributed by atoms with Crippen molar-refractivity contribution in [2.45, 2.75) is 70.0 Å². The number of hydrogen-bond donors (Lipinski definition) is 1. The van der Waals surface area contributed by atoms with E-state index in [-0.39, 0.29) is 29.0 Å². The summed E-state index contributed by atoms with van der Waals surface area (Å²) in [4.78, 5) is 28.5. The van der Waals surface area contributed by atoms with Gasteiger partial charge < -0.3 is 10.2 Å². The summed E-state index contributed by atoms with van der Waals surface area (Å²) in [6.07, 6.45) is 3.80. The predicted octanol–water partition coefficient (Wildman–Crippen LogP) is 5.11. The Morgan fingerprint density at radius 2 is 1.60 bits per heavy atom. The molecule has 0 aliphatic heterocycles. The number of benzene rings is 3. The van der Waals surface area contributed by atoms with Gasteiger partial charge in [-0.1, -0.05) is 55.3 Å². The molecule has 0 heterocycles. The van der Waals surface area contributed by atoms with E-state index >= 15 is 0 Å². The van der Waals surface area contributed by atoms with Crippen LogP contribution in [0.25, 0.3) is 0 Å². The molecular formula is C31H36FN3O4S. The van der Waals surface area contributed by atoms with Gasteiger partial charge in [-0.25, -0.2) is 12.8 Å². The number of amides is 2. The molecule has 2 amide bonds. The third kappa shape index (κ3) is 6.70. The number of aryl methyl sites for hydroxylation is 2. The molecule has 9 heteroatoms. The number of anilines is 1. The molecule has 0 radical (unpaired) electrons. The maximum absolute atomic E-state index is 14.7. The van der Waals surface area contributed by atoms with Crippen molar-refractivity contribution in [2.75, 3.05) is 10.8 Å². The minimum Gasteiger partial charge on any atom is -0.352 e. The van der Waals surface area contributed by atoms with Crippen LogP contribution in [0.5, 0.6) is 0 Å². The Balaban J connectivity index is 1.70. The van der Waals surface area contributed by atoms with Crippen LogP contribution in [0, 0.1) is 19.7 Å². The normalized spacial score (nSPS) is 14.5. The Morgan fingerprint density at radius 1 is 0.950 bits per heavy atom. The van der Waals surface area contributed by atoms with Gasteiger partial charge in [0.1, 0.15) is 18.4 Å². The van der Waals surface area contributed by atoms with Crippen molar-refractivity contribution in [3.05, 3.63) is 95.3 Å². The fraction of sp³-hybridized carbons (Fsp3) is 0.355. The topological polar surface area (TPSA) is 86.8 Å². The second kappa shape index (κ2) is 12.6. The van der Waals surface area contributed by atoms with Crippen LogP contribution in [-0.2, 0) is 26.2 Å². The van der Waals surface area contributed by atoms with Crippen molar-refractivity contribution in [3.63, 3.8) is 0 Å². The predicted molar refractivity (Wildman–Crippen MR) is 154 cm³/mol. The smallest absolute Gasteiger partial charge is 0.264 e. The van der Waals surface area contributed by atoms with Gasteiger partial charge in [0.15, 0.2) is 0 Å². The highest BCUT2D eigenvalue weighted by Gasteiger charge is 2.33. The van der Waals surface area contributed by atoms with Crippen LogP contribution in [0.15, 0.2) is 77.7 Å². The highest BCUT2D eigenvalue weighted by molar-refractivity contribution is 7.92. The van der Waals surface area contributed by atoms with E-state index in [1.807, 2.05) is 13.8 Å². The van der Waals surface area contributed by atoms with Crippen LogP contribution in [0.4, 0.5) is 10.1 Å². The molecule has 1 atom stereocenters. The molecule has 3 aromatic rings. The first-order valence-corrected chi connectivity index (χ1v) is 15.0. The zero-order valence-corrected chi connectivity index (χ0v) is 24.0. The summed E-state index contributed by atoms with van der Waals surface area (Å²) < 4.78 is 43.4. The van der Waals surface area contributed by atoms with Gasteiger partial charge >= 0.3 is 0 Å². The molecule has 3 aromatic carbocycles. The van der Waals surface area contributed by atoms with E-state index in [4.69, 9.17) is 0 Å². The van der Waals surface area contributed by atoms with Crippen LogP contribution >= 0.6 is 0 Å². The first-order chi connectivity index (χ1) is 19.1. The number of rotatable bonds is 10. The molecule has 7 nitrogen and oxygen atoms in total. The standard InChI is InChI=1S/C31H36FN3O4S/c1-22-17-18-27(19-23(22)2)35(40(38,39)28-14-5-4-6-15-28)21-30(36)34(20-25-11-7-10-16-29(25)32)24(3)31(37)33-26-12-8-9-13-26/h4-7,10-11,14-19,24,26H,8-9,12-13,20-21H2,1-3H3,(H,33,37). The van der Waals surface area contributed by atoms with Gasteiger partial charge in [0, 0.05) is 18.2 Å². The van der Waals surface area contributed by atoms with E-state index in [0.29, 0.717) is 5.69 Å². The molecule has 1 N–H and O–H groups in total. The third-order valence-corrected chi connectivity index (χ3v) is 9.34. The molecule has 0 aromatic heterocycles. The minimum atomic E-state index is -4.15. The lowest BCUT2D eigenvalue weighted by atomic mass is 10.1. The molecule has 0 bridgehead atoms. The average Bonchev–Trinajstić information content (AvgIpc) is 3.46. The highest BCUT2D eigenvalue weighted by Crippen LogP contribution is 2.27. The summed E-state index contributed by atoms with van der Waals surface area (Å²) >= 11 is 0. The summed E-state index contributed by atoms with van der Waals surface area (Å²) in [5.41, 5.74) is 2.41. The van der Waals surface area contributed by atoms with Gasteiger partial charge in [-0.3, -0.25) is 13.9 Å². The van der Waals surface area contributed by atoms with Crippen molar-refractivity contribution < 1.29 is 22.4 Å². The van der Waals surface area contributed by atoms with Crippen LogP contribution in [-0.4, -0.2) is 43.8 Å². The maximum atomic E-state index is 14.7. The van der Waals surface area contributed by atoms with Crippen molar-refractivity contribution in [2.24, 2.45) is 0 Å². The number of carbonyl (C=O) groups is 2. The zero-order valence-electron chi connectivity index (χ0n) is 23.1. The van der Waals surface area contributed by atoms with Crippen molar-refractivity contribution in [1.29, 1.82) is 0 Å². The van der Waals surface area contributed by atoms with Crippen LogP contribution in [0.3, 0.4) is 0 Å². The molecule has 1 unspecified atom stereocenters. The van der Waals surface area contributed by atoms with Crippen LogP contribution in [0.2, 0.25) is 0 Å². The molecule has 1 saturated carbocycles. The molecule has 0 spiro atoms. The number of nitrogens with one attached hydrogen (secondary N) is 1. The molecular weight excluding hydrogens is 529 g/mol. The Morgan fingerprint density at radius 3 is 2.25 bits per heavy atom. The van der Waals surface area contributed by atoms with E-state index in [9.17, 15) is 22.4 Å². The van der Waals surface area contributed by atoms with E-state index < -0.39 is 34.3 Å². The average molecular weight is 566 g/mol. The lowest BCUT2D eigenvalue weighted by molar-refractivity contribution is -0.139. The van der Waals surface area contributed by atoms with E-state index in [0.717, 1.165) is 41.1 Å². The van der Waals surface area contributed by atoms with Crippen LogP contribution in [0.1, 0.15) is 49.3 Å². The van der Waals surface area contributed by atoms with Crippen molar-refractivity contribution >= 4 is 27.5 Å². The number of carbonyl (C=O) groups excluding carboxylic acids is 2. The van der Waals surface area contributed by atoms with Gasteiger partial charge in [0.2, 0.25) is 11.8 Å².